The number of fused-ring (bicyclic) bond motifs is 2. The van der Waals surface area contributed by atoms with Gasteiger partial charge in [-0.15, -0.1) is 5.10 Å². The standard InChI is InChI=1S/C22H26BrN5O6/c1-3-33-21(32)15-16-20(31)28(11(2)9-29)18(22(16)8-12(23)17(15)34-22)19(30)24-10-27-14-7-5-4-6-13(14)25-26-27/h4-7,11-12,15-18,29H,3,8-10H2,1-2H3,(H,24,30)/t11-,12?,15-,16+,17-,18-,22+/m1/s1. The lowest BCUT2D eigenvalue weighted by atomic mass is 9.70. The number of likely N-dealkylation sites (tertiary alicyclic amines) is 1. The number of hydrogen-bond donors (Lipinski definition) is 2. The van der Waals surface area contributed by atoms with Gasteiger partial charge < -0.3 is 24.8 Å². The van der Waals surface area contributed by atoms with E-state index < -0.39 is 47.5 Å². The summed E-state index contributed by atoms with van der Waals surface area (Å²) in [5, 5.41) is 20.9. The number of ether oxygens (including phenoxy) is 2. The van der Waals surface area contributed by atoms with Crippen LogP contribution in [0.15, 0.2) is 24.3 Å². The Morgan fingerprint density at radius 2 is 2.18 bits per heavy atom. The van der Waals surface area contributed by atoms with E-state index in [0.29, 0.717) is 11.9 Å². The van der Waals surface area contributed by atoms with Crippen molar-refractivity contribution in [3.05, 3.63) is 24.3 Å². The van der Waals surface area contributed by atoms with E-state index in [4.69, 9.17) is 9.47 Å². The van der Waals surface area contributed by atoms with Crippen molar-refractivity contribution in [1.29, 1.82) is 0 Å². The number of esters is 1. The molecule has 3 aliphatic heterocycles. The van der Waals surface area contributed by atoms with E-state index >= 15 is 0 Å². The second kappa shape index (κ2) is 8.58. The highest BCUT2D eigenvalue weighted by atomic mass is 79.9. The zero-order valence-electron chi connectivity index (χ0n) is 18.8. The number of nitrogens with zero attached hydrogens (tertiary/aromatic N) is 4. The first kappa shape index (κ1) is 23.2. The molecule has 1 aromatic heterocycles. The predicted octanol–water partition coefficient (Wildman–Crippen LogP) is 0.197. The molecule has 2 N–H and O–H groups in total. The second-order valence-corrected chi connectivity index (χ2v) is 10.1. The Kier molecular flexibility index (Phi) is 5.85. The molecule has 7 atom stereocenters. The van der Waals surface area contributed by atoms with Crippen LogP contribution in [-0.2, 0) is 30.5 Å². The molecule has 0 radical (unpaired) electrons. The van der Waals surface area contributed by atoms with Crippen molar-refractivity contribution in [3.8, 4) is 0 Å². The summed E-state index contributed by atoms with van der Waals surface area (Å²) in [6, 6.07) is 5.70. The molecule has 3 fully saturated rings. The van der Waals surface area contributed by atoms with Crippen LogP contribution in [0.5, 0.6) is 0 Å². The van der Waals surface area contributed by atoms with Gasteiger partial charge in [0.25, 0.3) is 0 Å². The first-order valence-corrected chi connectivity index (χ1v) is 12.2. The summed E-state index contributed by atoms with van der Waals surface area (Å²) in [6.45, 7) is 3.24. The fourth-order valence-corrected chi connectivity index (χ4v) is 6.66. The third-order valence-electron chi connectivity index (χ3n) is 7.10. The summed E-state index contributed by atoms with van der Waals surface area (Å²) in [6.07, 6.45) is -0.197. The number of aliphatic hydroxyl groups excluding tert-OH is 1. The maximum atomic E-state index is 13.6. The van der Waals surface area contributed by atoms with Crippen LogP contribution in [0.4, 0.5) is 0 Å². The van der Waals surface area contributed by atoms with Crippen LogP contribution in [-0.4, -0.2) is 84.6 Å². The van der Waals surface area contributed by atoms with Crippen LogP contribution in [0, 0.1) is 11.8 Å². The SMILES string of the molecule is CCOC(=O)[C@H]1[C@@H]2O[C@@]3(CC2Br)[C@@H]1C(=O)N([C@H](C)CO)[C@@H]3C(=O)NCn1nnc2ccccc21. The largest absolute Gasteiger partial charge is 0.466 e. The second-order valence-electron chi connectivity index (χ2n) is 8.97. The van der Waals surface area contributed by atoms with Crippen LogP contribution < -0.4 is 5.32 Å². The molecular formula is C22H26BrN5O6. The minimum absolute atomic E-state index is 0.0363. The molecule has 1 aromatic carbocycles. The van der Waals surface area contributed by atoms with E-state index in [1.54, 1.807) is 18.5 Å². The maximum absolute atomic E-state index is 13.6. The highest BCUT2D eigenvalue weighted by Crippen LogP contribution is 2.60. The Morgan fingerprint density at radius 3 is 2.91 bits per heavy atom. The number of benzene rings is 1. The van der Waals surface area contributed by atoms with Crippen molar-refractivity contribution in [2.45, 2.75) is 55.6 Å². The number of hydrogen-bond acceptors (Lipinski definition) is 8. The molecule has 2 aromatic rings. The summed E-state index contributed by atoms with van der Waals surface area (Å²) in [7, 11) is 0. The Labute approximate surface area is 203 Å². The average molecular weight is 536 g/mol. The van der Waals surface area contributed by atoms with Gasteiger partial charge in [0.2, 0.25) is 11.8 Å². The van der Waals surface area contributed by atoms with Gasteiger partial charge in [0.05, 0.1) is 42.7 Å². The number of aliphatic hydroxyl groups is 1. The molecule has 0 aliphatic carbocycles. The summed E-state index contributed by atoms with van der Waals surface area (Å²) < 4.78 is 13.1. The van der Waals surface area contributed by atoms with Crippen molar-refractivity contribution in [3.63, 3.8) is 0 Å². The Hall–Kier alpha value is -2.57. The first-order valence-electron chi connectivity index (χ1n) is 11.3. The zero-order chi connectivity index (χ0) is 24.2. The molecule has 2 amide bonds. The number of carbonyl (C=O) groups excluding carboxylic acids is 3. The van der Waals surface area contributed by atoms with Gasteiger partial charge in [0.1, 0.15) is 23.8 Å². The molecule has 1 spiro atoms. The number of alkyl halides is 1. The van der Waals surface area contributed by atoms with Gasteiger partial charge >= 0.3 is 5.97 Å². The van der Waals surface area contributed by atoms with Gasteiger partial charge in [-0.25, -0.2) is 4.68 Å². The van der Waals surface area contributed by atoms with Gasteiger partial charge in [-0.3, -0.25) is 14.4 Å². The quantitative estimate of drug-likeness (QED) is 0.379. The summed E-state index contributed by atoms with van der Waals surface area (Å²) in [5.74, 6) is -3.02. The number of nitrogens with one attached hydrogen (secondary N) is 1. The molecule has 0 saturated carbocycles. The maximum Gasteiger partial charge on any atom is 0.312 e. The monoisotopic (exact) mass is 535 g/mol. The molecule has 3 aliphatic rings. The number of amides is 2. The lowest BCUT2D eigenvalue weighted by Crippen LogP contribution is -2.57. The van der Waals surface area contributed by atoms with E-state index in [9.17, 15) is 19.5 Å². The normalized spacial score (nSPS) is 32.8. The van der Waals surface area contributed by atoms with E-state index in [2.05, 4.69) is 31.6 Å². The molecule has 5 rings (SSSR count). The number of para-hydroxylation sites is 1. The molecule has 4 heterocycles. The minimum Gasteiger partial charge on any atom is -0.466 e. The van der Waals surface area contributed by atoms with Crippen LogP contribution in [0.2, 0.25) is 0 Å². The summed E-state index contributed by atoms with van der Waals surface area (Å²) in [5.41, 5.74) is 0.243. The lowest BCUT2D eigenvalue weighted by Gasteiger charge is -2.35. The first-order chi connectivity index (χ1) is 16.3. The van der Waals surface area contributed by atoms with Gasteiger partial charge in [-0.05, 0) is 32.4 Å². The van der Waals surface area contributed by atoms with E-state index in [-0.39, 0.29) is 30.6 Å². The summed E-state index contributed by atoms with van der Waals surface area (Å²) >= 11 is 3.59. The van der Waals surface area contributed by atoms with Gasteiger partial charge in [0, 0.05) is 4.83 Å². The Morgan fingerprint density at radius 1 is 1.41 bits per heavy atom. The number of carbonyl (C=O) groups is 3. The topological polar surface area (TPSA) is 136 Å². The van der Waals surface area contributed by atoms with Crippen LogP contribution in [0.1, 0.15) is 20.3 Å². The number of halogens is 1. The van der Waals surface area contributed by atoms with E-state index in [1.165, 1.54) is 4.90 Å². The van der Waals surface area contributed by atoms with Crippen molar-refractivity contribution in [1.82, 2.24) is 25.2 Å². The third kappa shape index (κ3) is 3.26. The van der Waals surface area contributed by atoms with Crippen molar-refractivity contribution < 1.29 is 29.0 Å². The van der Waals surface area contributed by atoms with Crippen molar-refractivity contribution >= 4 is 44.7 Å². The minimum atomic E-state index is -1.20. The fraction of sp³-hybridized carbons (Fsp3) is 0.591. The van der Waals surface area contributed by atoms with E-state index in [0.717, 1.165) is 5.52 Å². The molecule has 34 heavy (non-hydrogen) atoms. The number of aromatic nitrogens is 3. The third-order valence-corrected chi connectivity index (χ3v) is 7.94. The highest BCUT2D eigenvalue weighted by Gasteiger charge is 2.77. The highest BCUT2D eigenvalue weighted by molar-refractivity contribution is 9.09. The molecule has 2 bridgehead atoms. The van der Waals surface area contributed by atoms with Crippen molar-refractivity contribution in [2.24, 2.45) is 11.8 Å². The van der Waals surface area contributed by atoms with Crippen LogP contribution in [0.3, 0.4) is 0 Å². The molecule has 182 valence electrons. The van der Waals surface area contributed by atoms with E-state index in [1.807, 2.05) is 24.3 Å². The Bertz CT molecular complexity index is 1140. The zero-order valence-corrected chi connectivity index (χ0v) is 20.3. The van der Waals surface area contributed by atoms with Crippen molar-refractivity contribution in [2.75, 3.05) is 13.2 Å². The molecule has 1 unspecified atom stereocenters. The number of rotatable bonds is 7. The van der Waals surface area contributed by atoms with Crippen LogP contribution in [0.25, 0.3) is 11.0 Å². The van der Waals surface area contributed by atoms with Gasteiger partial charge in [-0.2, -0.15) is 0 Å². The average Bonchev–Trinajstić information content (AvgIpc) is 3.54. The van der Waals surface area contributed by atoms with Crippen LogP contribution >= 0.6 is 15.9 Å². The Balaban J connectivity index is 1.47. The lowest BCUT2D eigenvalue weighted by molar-refractivity contribution is -0.155. The molecule has 3 saturated heterocycles. The van der Waals surface area contributed by atoms with Gasteiger partial charge in [0.15, 0.2) is 0 Å². The fourth-order valence-electron chi connectivity index (χ4n) is 5.72. The molecule has 11 nitrogen and oxygen atoms in total. The van der Waals surface area contributed by atoms with Gasteiger partial charge in [-0.1, -0.05) is 33.3 Å². The smallest absolute Gasteiger partial charge is 0.312 e. The molecule has 12 heteroatoms. The molecular weight excluding hydrogens is 510 g/mol. The predicted molar refractivity (Wildman–Crippen MR) is 121 cm³/mol. The summed E-state index contributed by atoms with van der Waals surface area (Å²) in [4.78, 5) is 41.2.